The van der Waals surface area contributed by atoms with Crippen LogP contribution in [0, 0.1) is 17.8 Å². The van der Waals surface area contributed by atoms with Crippen molar-refractivity contribution in [3.8, 4) is 0 Å². The Labute approximate surface area is 266 Å². The minimum Gasteiger partial charge on any atom is -0.352 e. The van der Waals surface area contributed by atoms with E-state index in [2.05, 4.69) is 17.4 Å². The van der Waals surface area contributed by atoms with Gasteiger partial charge in [-0.05, 0) is 117 Å². The largest absolute Gasteiger partial charge is 0.352 e. The van der Waals surface area contributed by atoms with Crippen LogP contribution in [0.1, 0.15) is 76.8 Å². The molecule has 1 atom stereocenters. The van der Waals surface area contributed by atoms with Crippen LogP contribution >= 0.6 is 23.2 Å². The second-order valence-corrected chi connectivity index (χ2v) is 16.1. The van der Waals surface area contributed by atoms with Gasteiger partial charge in [-0.25, -0.2) is 8.42 Å². The summed E-state index contributed by atoms with van der Waals surface area (Å²) < 4.78 is 27.4. The number of carbonyl (C=O) groups excluding carboxylic acids is 2. The number of benzene rings is 2. The van der Waals surface area contributed by atoms with Crippen LogP contribution in [-0.4, -0.2) is 50.0 Å². The third kappa shape index (κ3) is 7.02. The Morgan fingerprint density at radius 1 is 0.977 bits per heavy atom. The van der Waals surface area contributed by atoms with Crippen LogP contribution in [0.3, 0.4) is 0 Å². The molecule has 0 radical (unpaired) electrons. The molecule has 4 bridgehead atoms. The second kappa shape index (κ2) is 12.6. The van der Waals surface area contributed by atoms with Crippen LogP contribution in [0.15, 0.2) is 42.5 Å². The Morgan fingerprint density at radius 3 is 2.05 bits per heavy atom. The van der Waals surface area contributed by atoms with E-state index in [-0.39, 0.29) is 23.9 Å². The second-order valence-electron chi connectivity index (χ2n) is 13.4. The number of nitrogens with zero attached hydrogens (tertiary/aromatic N) is 2. The molecule has 0 saturated heterocycles. The smallest absolute Gasteiger partial charge is 0.244 e. The molecule has 2 amide bonds. The summed E-state index contributed by atoms with van der Waals surface area (Å²) in [5, 5.41) is 3.72. The zero-order chi connectivity index (χ0) is 31.1. The van der Waals surface area contributed by atoms with Crippen molar-refractivity contribution in [3.63, 3.8) is 0 Å². The lowest BCUT2D eigenvalue weighted by Gasteiger charge is -2.57. The first-order valence-electron chi connectivity index (χ1n) is 15.4. The lowest BCUT2D eigenvalue weighted by Crippen LogP contribution is -2.53. The van der Waals surface area contributed by atoms with Crippen molar-refractivity contribution in [1.29, 1.82) is 0 Å². The van der Waals surface area contributed by atoms with Crippen LogP contribution in [0.25, 0.3) is 0 Å². The van der Waals surface area contributed by atoms with Crippen molar-refractivity contribution < 1.29 is 18.0 Å². The molecule has 6 rings (SSSR count). The number of hydrogen-bond donors (Lipinski definition) is 1. The molecule has 43 heavy (non-hydrogen) atoms. The van der Waals surface area contributed by atoms with E-state index in [1.54, 1.807) is 18.2 Å². The molecule has 2 aromatic carbocycles. The van der Waals surface area contributed by atoms with Gasteiger partial charge < -0.3 is 10.2 Å². The van der Waals surface area contributed by atoms with Crippen molar-refractivity contribution in [2.24, 2.45) is 17.8 Å². The Kier molecular flexibility index (Phi) is 9.41. The molecule has 1 N–H and O–H groups in total. The summed E-state index contributed by atoms with van der Waals surface area (Å²) in [4.78, 5) is 28.7. The van der Waals surface area contributed by atoms with E-state index in [0.717, 1.165) is 28.3 Å². The van der Waals surface area contributed by atoms with Crippen molar-refractivity contribution >= 4 is 50.7 Å². The van der Waals surface area contributed by atoms with Gasteiger partial charge in [-0.1, -0.05) is 48.3 Å². The number of sulfonamides is 1. The van der Waals surface area contributed by atoms with Crippen LogP contribution in [0.5, 0.6) is 0 Å². The Hall–Kier alpha value is -2.29. The van der Waals surface area contributed by atoms with Crippen LogP contribution in [0.2, 0.25) is 10.0 Å². The van der Waals surface area contributed by atoms with Gasteiger partial charge in [-0.15, -0.1) is 0 Å². The predicted octanol–water partition coefficient (Wildman–Crippen LogP) is 6.56. The van der Waals surface area contributed by atoms with Gasteiger partial charge in [-0.3, -0.25) is 13.9 Å². The molecule has 0 aromatic heterocycles. The maximum Gasteiger partial charge on any atom is 0.244 e. The molecule has 7 nitrogen and oxygen atoms in total. The van der Waals surface area contributed by atoms with Gasteiger partial charge in [0, 0.05) is 22.6 Å². The summed E-state index contributed by atoms with van der Waals surface area (Å²) in [6.07, 6.45) is 9.15. The third-order valence-electron chi connectivity index (χ3n) is 9.66. The lowest BCUT2D eigenvalue weighted by molar-refractivity contribution is -0.140. The van der Waals surface area contributed by atoms with E-state index < -0.39 is 28.5 Å². The highest BCUT2D eigenvalue weighted by molar-refractivity contribution is 7.92. The van der Waals surface area contributed by atoms with Gasteiger partial charge in [0.05, 0.1) is 11.9 Å². The van der Waals surface area contributed by atoms with Gasteiger partial charge in [-0.2, -0.15) is 0 Å². The average Bonchev–Trinajstić information content (AvgIpc) is 2.91. The molecule has 234 valence electrons. The van der Waals surface area contributed by atoms with E-state index in [9.17, 15) is 18.0 Å². The number of rotatable bonds is 11. The lowest BCUT2D eigenvalue weighted by atomic mass is 9.48. The van der Waals surface area contributed by atoms with Gasteiger partial charge in [0.1, 0.15) is 12.6 Å². The van der Waals surface area contributed by atoms with Gasteiger partial charge >= 0.3 is 0 Å². The summed E-state index contributed by atoms with van der Waals surface area (Å²) in [6, 6.07) is 11.9. The van der Waals surface area contributed by atoms with E-state index in [0.29, 0.717) is 27.7 Å². The van der Waals surface area contributed by atoms with E-state index in [1.807, 2.05) is 32.9 Å². The SMILES string of the molecule is CCC(C(=O)NC(C)C)N(Cc1ccc(Cl)cc1Cl)C(=O)CN(c1ccc(C23CC4CC(CC(C4)C2)C3)cc1)S(C)(=O)=O. The highest BCUT2D eigenvalue weighted by atomic mass is 35.5. The summed E-state index contributed by atoms with van der Waals surface area (Å²) in [6.45, 7) is 5.12. The van der Waals surface area contributed by atoms with E-state index in [4.69, 9.17) is 23.2 Å². The molecule has 4 aliphatic rings. The molecule has 0 spiro atoms. The number of halogens is 2. The minimum atomic E-state index is -3.82. The first-order chi connectivity index (χ1) is 20.3. The third-order valence-corrected chi connectivity index (χ3v) is 11.4. The summed E-state index contributed by atoms with van der Waals surface area (Å²) in [7, 11) is -3.82. The fourth-order valence-electron chi connectivity index (χ4n) is 8.19. The Bertz CT molecular complexity index is 1430. The van der Waals surface area contributed by atoms with E-state index >= 15 is 0 Å². The van der Waals surface area contributed by atoms with Crippen LogP contribution in [0.4, 0.5) is 5.69 Å². The Morgan fingerprint density at radius 2 is 1.56 bits per heavy atom. The van der Waals surface area contributed by atoms with Crippen molar-refractivity contribution in [3.05, 3.63) is 63.6 Å². The van der Waals surface area contributed by atoms with Gasteiger partial charge in [0.25, 0.3) is 0 Å². The fourth-order valence-corrected chi connectivity index (χ4v) is 9.51. The molecule has 4 fully saturated rings. The molecule has 0 heterocycles. The molecular weight excluding hydrogens is 605 g/mol. The highest BCUT2D eigenvalue weighted by Gasteiger charge is 2.51. The molecule has 4 saturated carbocycles. The Balaban J connectivity index is 1.42. The first kappa shape index (κ1) is 32.1. The molecule has 10 heteroatoms. The highest BCUT2D eigenvalue weighted by Crippen LogP contribution is 2.60. The van der Waals surface area contributed by atoms with Crippen molar-refractivity contribution in [2.75, 3.05) is 17.1 Å². The van der Waals surface area contributed by atoms with Crippen LogP contribution in [-0.2, 0) is 31.6 Å². The van der Waals surface area contributed by atoms with Gasteiger partial charge in [0.15, 0.2) is 0 Å². The molecule has 4 aliphatic carbocycles. The monoisotopic (exact) mass is 647 g/mol. The number of carbonyl (C=O) groups is 2. The maximum absolute atomic E-state index is 14.0. The zero-order valence-electron chi connectivity index (χ0n) is 25.5. The van der Waals surface area contributed by atoms with Gasteiger partial charge in [0.2, 0.25) is 21.8 Å². The topological polar surface area (TPSA) is 86.8 Å². The molecule has 2 aromatic rings. The molecule has 1 unspecified atom stereocenters. The quantitative estimate of drug-likeness (QED) is 0.299. The summed E-state index contributed by atoms with van der Waals surface area (Å²) in [5.41, 5.74) is 2.52. The number of hydrogen-bond acceptors (Lipinski definition) is 4. The van der Waals surface area contributed by atoms with E-state index in [1.165, 1.54) is 49.0 Å². The standard InChI is InChI=1S/C33H43Cl2N3O4S/c1-5-30(32(40)36-21(2)3)37(19-25-6-9-27(34)15-29(25)35)31(39)20-38(43(4,41)42)28-10-7-26(8-11-28)33-16-22-12-23(17-33)14-24(13-22)18-33/h6-11,15,21-24,30H,5,12-14,16-20H2,1-4H3,(H,36,40). The van der Waals surface area contributed by atoms with Crippen molar-refractivity contribution in [2.45, 2.75) is 89.8 Å². The first-order valence-corrected chi connectivity index (χ1v) is 18.0. The molecular formula is C33H43Cl2N3O4S. The summed E-state index contributed by atoms with van der Waals surface area (Å²) in [5.74, 6) is 1.61. The zero-order valence-corrected chi connectivity index (χ0v) is 27.8. The van der Waals surface area contributed by atoms with Crippen molar-refractivity contribution in [1.82, 2.24) is 10.2 Å². The predicted molar refractivity (Wildman–Crippen MR) is 173 cm³/mol. The number of amides is 2. The average molecular weight is 649 g/mol. The summed E-state index contributed by atoms with van der Waals surface area (Å²) >= 11 is 12.6. The minimum absolute atomic E-state index is 0.0292. The molecule has 0 aliphatic heterocycles. The number of anilines is 1. The number of nitrogens with one attached hydrogen (secondary N) is 1. The normalized spacial score (nSPS) is 25.0. The maximum atomic E-state index is 14.0. The van der Waals surface area contributed by atoms with Crippen LogP contribution < -0.4 is 9.62 Å². The fraction of sp³-hybridized carbons (Fsp3) is 0.576.